The average molecular weight is 883 g/mol. The molecule has 0 spiro atoms. The van der Waals surface area contributed by atoms with Gasteiger partial charge in [0.25, 0.3) is 10.1 Å². The highest BCUT2D eigenvalue weighted by Crippen LogP contribution is 2.31. The zero-order valence-electron chi connectivity index (χ0n) is 33.7. The fourth-order valence-electron chi connectivity index (χ4n) is 5.62. The topological polar surface area (TPSA) is 272 Å². The molecule has 22 heteroatoms. The van der Waals surface area contributed by atoms with Crippen LogP contribution in [-0.4, -0.2) is 93.3 Å². The third-order valence-corrected chi connectivity index (χ3v) is 10.0. The SMILES string of the molecule is CN(C)CCCNc1nc(Nc2ccccc2)nc(Nc2ccc(C=Cc3ccc(Nc4nc(NCCCN)nc(Nc5ccccc5)n4)cc3S(=O)(=O)O)c(SOOO)c2)n1. The zero-order chi connectivity index (χ0) is 43.7. The van der Waals surface area contributed by atoms with Crippen molar-refractivity contribution in [1.29, 1.82) is 0 Å². The Morgan fingerprint density at radius 3 is 1.61 bits per heavy atom. The number of hydrogen-bond donors (Lipinski definition) is 9. The van der Waals surface area contributed by atoms with Gasteiger partial charge in [0.15, 0.2) is 0 Å². The van der Waals surface area contributed by atoms with Crippen LogP contribution in [0.5, 0.6) is 0 Å². The molecule has 4 aromatic carbocycles. The number of nitrogens with zero attached hydrogens (tertiary/aromatic N) is 7. The molecule has 0 unspecified atom stereocenters. The molecular formula is C40H46N14O6S2. The highest BCUT2D eigenvalue weighted by Gasteiger charge is 2.17. The second-order valence-corrected chi connectivity index (χ2v) is 15.7. The van der Waals surface area contributed by atoms with Crippen LogP contribution < -0.4 is 37.6 Å². The second-order valence-electron chi connectivity index (χ2n) is 13.5. The van der Waals surface area contributed by atoms with Crippen LogP contribution in [0, 0.1) is 0 Å². The van der Waals surface area contributed by atoms with Crippen molar-refractivity contribution in [3.63, 3.8) is 0 Å². The van der Waals surface area contributed by atoms with E-state index in [2.05, 4.69) is 71.7 Å². The molecular weight excluding hydrogens is 837 g/mol. The normalized spacial score (nSPS) is 11.5. The Morgan fingerprint density at radius 2 is 1.11 bits per heavy atom. The van der Waals surface area contributed by atoms with Gasteiger partial charge in [0.05, 0.1) is 12.0 Å². The van der Waals surface area contributed by atoms with Crippen LogP contribution >= 0.6 is 12.0 Å². The Kier molecular flexibility index (Phi) is 16.3. The molecule has 10 N–H and O–H groups in total. The standard InChI is InChI=1S/C40H46N14O6S2/c1-54(2)24-10-23-43-36-49-38(45-30-13-7-4-8-14-30)52-39(51-36)46-31-19-17-27(33(25-31)61-60-59-55)15-16-28-18-20-32(26-34(28)62(56,57)58)47-40-50-35(42-22-9-21-41)48-37(53-40)44-29-11-5-3-6-12-29/h3-8,11-20,25-26,55H,9-10,21-24,41H2,1-2H3,(H,56,57,58)(H3,42,44,47,48,50,53)(H3,43,45,46,49,51,52). The molecule has 0 aliphatic carbocycles. The van der Waals surface area contributed by atoms with Crippen molar-refractivity contribution in [2.24, 2.45) is 5.73 Å². The molecule has 0 aliphatic heterocycles. The molecule has 20 nitrogen and oxygen atoms in total. The maximum Gasteiger partial charge on any atom is 0.295 e. The largest absolute Gasteiger partial charge is 0.354 e. The lowest BCUT2D eigenvalue weighted by Gasteiger charge is -2.13. The molecule has 2 heterocycles. The van der Waals surface area contributed by atoms with Gasteiger partial charge in [-0.3, -0.25) is 4.55 Å². The predicted molar refractivity (Wildman–Crippen MR) is 242 cm³/mol. The first-order chi connectivity index (χ1) is 30.0. The van der Waals surface area contributed by atoms with Crippen LogP contribution in [0.1, 0.15) is 24.0 Å². The lowest BCUT2D eigenvalue weighted by Crippen LogP contribution is -2.17. The van der Waals surface area contributed by atoms with Gasteiger partial charge in [-0.25, -0.2) is 5.26 Å². The van der Waals surface area contributed by atoms with E-state index in [4.69, 9.17) is 15.3 Å². The minimum atomic E-state index is -4.73. The first-order valence-corrected chi connectivity index (χ1v) is 21.3. The average Bonchev–Trinajstić information content (AvgIpc) is 3.25. The molecule has 0 radical (unpaired) electrons. The fraction of sp³-hybridized carbons (Fsp3) is 0.200. The third-order valence-electron chi connectivity index (χ3n) is 8.47. The molecule has 2 aromatic heterocycles. The summed E-state index contributed by atoms with van der Waals surface area (Å²) in [5.41, 5.74) is 8.69. The monoisotopic (exact) mass is 882 g/mol. The number of nitrogens with one attached hydrogen (secondary N) is 6. The quantitative estimate of drug-likeness (QED) is 0.00782. The number of aromatic nitrogens is 6. The van der Waals surface area contributed by atoms with Crippen molar-refractivity contribution in [3.8, 4) is 0 Å². The summed E-state index contributed by atoms with van der Waals surface area (Å²) >= 11 is 0.695. The zero-order valence-corrected chi connectivity index (χ0v) is 35.3. The number of para-hydroxylation sites is 2. The van der Waals surface area contributed by atoms with Crippen LogP contribution in [0.2, 0.25) is 0 Å². The molecule has 0 atom stereocenters. The highest BCUT2D eigenvalue weighted by molar-refractivity contribution is 7.94. The summed E-state index contributed by atoms with van der Waals surface area (Å²) in [6.07, 6.45) is 4.65. The van der Waals surface area contributed by atoms with E-state index in [0.717, 1.165) is 24.3 Å². The summed E-state index contributed by atoms with van der Waals surface area (Å²) in [6.45, 7) is 2.50. The number of rotatable bonds is 23. The van der Waals surface area contributed by atoms with Crippen LogP contribution in [0.4, 0.5) is 58.4 Å². The Bertz CT molecular complexity index is 2520. The van der Waals surface area contributed by atoms with Crippen molar-refractivity contribution in [1.82, 2.24) is 34.8 Å². The van der Waals surface area contributed by atoms with Crippen molar-refractivity contribution >= 4 is 92.8 Å². The fourth-order valence-corrected chi connectivity index (χ4v) is 6.84. The highest BCUT2D eigenvalue weighted by atomic mass is 32.2. The van der Waals surface area contributed by atoms with Crippen molar-refractivity contribution in [2.75, 3.05) is 72.2 Å². The smallest absolute Gasteiger partial charge is 0.295 e. The van der Waals surface area contributed by atoms with E-state index in [-0.39, 0.29) is 39.9 Å². The van der Waals surface area contributed by atoms with E-state index in [1.54, 1.807) is 30.3 Å². The summed E-state index contributed by atoms with van der Waals surface area (Å²) in [4.78, 5) is 29.1. The van der Waals surface area contributed by atoms with Crippen molar-refractivity contribution in [3.05, 3.63) is 108 Å². The number of nitrogens with two attached hydrogens (primary N) is 1. The first kappa shape index (κ1) is 45.0. The van der Waals surface area contributed by atoms with Gasteiger partial charge in [-0.15, -0.1) is 4.33 Å². The van der Waals surface area contributed by atoms with Crippen LogP contribution in [-0.2, 0) is 19.5 Å². The van der Waals surface area contributed by atoms with Crippen LogP contribution in [0.15, 0.2) is 107 Å². The van der Waals surface area contributed by atoms with Gasteiger partial charge in [-0.1, -0.05) is 65.7 Å². The molecule has 6 aromatic rings. The van der Waals surface area contributed by atoms with Gasteiger partial charge in [0, 0.05) is 40.7 Å². The lowest BCUT2D eigenvalue weighted by atomic mass is 10.1. The van der Waals surface area contributed by atoms with Gasteiger partial charge in [0.2, 0.25) is 35.7 Å². The van der Waals surface area contributed by atoms with Gasteiger partial charge in [-0.2, -0.15) is 38.3 Å². The molecule has 0 fully saturated rings. The number of hydrogen-bond acceptors (Lipinski definition) is 20. The van der Waals surface area contributed by atoms with Gasteiger partial charge in [-0.05, 0) is 99.7 Å². The Hall–Kier alpha value is -6.50. The maximum atomic E-state index is 12.7. The van der Waals surface area contributed by atoms with Crippen molar-refractivity contribution in [2.45, 2.75) is 22.6 Å². The summed E-state index contributed by atoms with van der Waals surface area (Å²) in [5.74, 6) is 1.51. The molecule has 0 amide bonds. The lowest BCUT2D eigenvalue weighted by molar-refractivity contribution is -0.432. The summed E-state index contributed by atoms with van der Waals surface area (Å²) in [6, 6.07) is 28.3. The van der Waals surface area contributed by atoms with Gasteiger partial charge in [0.1, 0.15) is 4.90 Å². The third kappa shape index (κ3) is 14.0. The Morgan fingerprint density at radius 1 is 0.645 bits per heavy atom. The summed E-state index contributed by atoms with van der Waals surface area (Å²) in [5, 5.41) is 31.8. The van der Waals surface area contributed by atoms with Crippen LogP contribution in [0.25, 0.3) is 12.2 Å². The molecule has 62 heavy (non-hydrogen) atoms. The number of benzene rings is 4. The molecule has 0 aliphatic rings. The second kappa shape index (κ2) is 22.4. The molecule has 6 rings (SSSR count). The predicted octanol–water partition coefficient (Wildman–Crippen LogP) is 7.00. The Balaban J connectivity index is 1.24. The van der Waals surface area contributed by atoms with E-state index in [1.807, 2.05) is 74.8 Å². The summed E-state index contributed by atoms with van der Waals surface area (Å²) in [7, 11) is -0.724. The van der Waals surface area contributed by atoms with Gasteiger partial charge < -0.3 is 42.5 Å². The molecule has 324 valence electrons. The molecule has 0 bridgehead atoms. The van der Waals surface area contributed by atoms with Crippen molar-refractivity contribution < 1.29 is 27.6 Å². The summed E-state index contributed by atoms with van der Waals surface area (Å²) < 4.78 is 40.6. The van der Waals surface area contributed by atoms with Crippen LogP contribution in [0.3, 0.4) is 0 Å². The number of anilines is 10. The van der Waals surface area contributed by atoms with Gasteiger partial charge >= 0.3 is 0 Å². The first-order valence-electron chi connectivity index (χ1n) is 19.2. The Labute approximate surface area is 362 Å². The van der Waals surface area contributed by atoms with E-state index in [1.165, 1.54) is 18.2 Å². The van der Waals surface area contributed by atoms with E-state index < -0.39 is 10.1 Å². The maximum absolute atomic E-state index is 12.7. The minimum Gasteiger partial charge on any atom is -0.354 e. The van der Waals surface area contributed by atoms with E-state index in [0.29, 0.717) is 66.1 Å². The van der Waals surface area contributed by atoms with E-state index >= 15 is 0 Å². The molecule has 0 saturated heterocycles. The molecule has 0 saturated carbocycles. The minimum absolute atomic E-state index is 0.105. The van der Waals surface area contributed by atoms with E-state index in [9.17, 15) is 13.0 Å².